The van der Waals surface area contributed by atoms with Gasteiger partial charge in [-0.15, -0.1) is 0 Å². The lowest BCUT2D eigenvalue weighted by atomic mass is 9.73. The summed E-state index contributed by atoms with van der Waals surface area (Å²) in [5.74, 6) is -1.81. The van der Waals surface area contributed by atoms with Crippen LogP contribution in [-0.4, -0.2) is 111 Å². The van der Waals surface area contributed by atoms with Gasteiger partial charge in [0.1, 0.15) is 41.6 Å². The molecule has 14 nitrogen and oxygen atoms in total. The molecular weight excluding hydrogens is 985 g/mol. The minimum absolute atomic E-state index is 0.0485. The van der Waals surface area contributed by atoms with Gasteiger partial charge in [0.2, 0.25) is 0 Å². The van der Waals surface area contributed by atoms with Gasteiger partial charge in [-0.1, -0.05) is 6.92 Å². The number of carbonyl (C=O) groups excluding carboxylic acids is 2. The van der Waals surface area contributed by atoms with Crippen LogP contribution < -0.4 is 30.2 Å². The van der Waals surface area contributed by atoms with E-state index >= 15 is 8.78 Å². The Labute approximate surface area is 420 Å². The molecule has 4 aromatic rings. The standard InChI is InChI=1S/C52H56F8N8O6/c1-3-50(71-2)22-66(23-50)48-64-41(38(74-48)20-52(58,59)60)46(70)62-30-12-26-5-8-68(43(26)36(54)16-30)32-17-33-34(18-32)39(33)44-49(24-72-44)6-9-65(21-49)47-63-40(37(73-47)19-51(55,56)57)45(69)61-29-11-25-4-7-67(42(25)35(53)15-29)31-13-27-10-28(27)14-31/h11-12,15-16,27-28,31-34,39,44H,3-10,13-14,17-24H2,1-2H3,(H,61,69)(H,62,70). The van der Waals surface area contributed by atoms with E-state index < -0.39 is 77.2 Å². The smallest absolute Gasteiger partial charge is 0.396 e. The minimum Gasteiger partial charge on any atom is -0.427 e. The largest absolute Gasteiger partial charge is 0.427 e. The van der Waals surface area contributed by atoms with Crippen LogP contribution in [0.1, 0.15) is 95.5 Å². The van der Waals surface area contributed by atoms with Gasteiger partial charge in [-0.05, 0) is 123 Å². The van der Waals surface area contributed by atoms with Crippen molar-refractivity contribution in [3.05, 3.63) is 69.9 Å². The number of alkyl halides is 6. The number of hydrogen-bond acceptors (Lipinski definition) is 12. The summed E-state index contributed by atoms with van der Waals surface area (Å²) in [6, 6.07) is 5.89. The fraction of sp³-hybridized carbons (Fsp3) is 0.615. The van der Waals surface area contributed by atoms with Crippen molar-refractivity contribution in [2.24, 2.45) is 35.0 Å². The van der Waals surface area contributed by atoms with Crippen LogP contribution in [0.3, 0.4) is 0 Å². The van der Waals surface area contributed by atoms with Crippen LogP contribution in [-0.2, 0) is 35.2 Å². The molecule has 4 saturated carbocycles. The highest BCUT2D eigenvalue weighted by atomic mass is 19.4. The van der Waals surface area contributed by atoms with Crippen molar-refractivity contribution < 1.29 is 63.0 Å². The molecule has 5 aliphatic heterocycles. The predicted molar refractivity (Wildman–Crippen MR) is 253 cm³/mol. The molecule has 2 aromatic heterocycles. The van der Waals surface area contributed by atoms with Crippen LogP contribution in [0.25, 0.3) is 0 Å². The Hall–Kier alpha value is -5.64. The summed E-state index contributed by atoms with van der Waals surface area (Å²) >= 11 is 0. The molecule has 0 bridgehead atoms. The SMILES string of the molecule is CCC1(OC)CN(c2nc(C(=O)Nc3cc(F)c4c(c3)CCN4C3CC4C(C3)C4C3OCC34CCN(c3nc(C(=O)Nc5cc(F)c6c(c5)CCN6C5CC6CC6C5)c(CC(F)(F)F)o3)C4)c(CC(F)(F)F)o2)C1. The molecule has 6 atom stereocenters. The molecule has 9 aliphatic rings. The van der Waals surface area contributed by atoms with Gasteiger partial charge in [0.15, 0.2) is 11.4 Å². The second kappa shape index (κ2) is 16.9. The fourth-order valence-corrected chi connectivity index (χ4v) is 14.3. The monoisotopic (exact) mass is 1040 g/mol. The van der Waals surface area contributed by atoms with E-state index in [4.69, 9.17) is 18.3 Å². The van der Waals surface area contributed by atoms with Crippen LogP contribution in [0.15, 0.2) is 33.1 Å². The molecule has 4 aliphatic carbocycles. The second-order valence-electron chi connectivity index (χ2n) is 22.6. The lowest BCUT2D eigenvalue weighted by Crippen LogP contribution is -2.62. The molecule has 7 heterocycles. The molecule has 13 rings (SSSR count). The van der Waals surface area contributed by atoms with E-state index in [0.717, 1.165) is 43.1 Å². The van der Waals surface area contributed by atoms with Crippen molar-refractivity contribution >= 4 is 46.6 Å². The van der Waals surface area contributed by atoms with E-state index in [0.29, 0.717) is 106 Å². The molecule has 1 spiro atoms. The first-order valence-electron chi connectivity index (χ1n) is 25.9. The molecule has 2 N–H and O–H groups in total. The maximum Gasteiger partial charge on any atom is 0.396 e. The van der Waals surface area contributed by atoms with Gasteiger partial charge in [-0.2, -0.15) is 36.3 Å². The number of ether oxygens (including phenoxy) is 2. The van der Waals surface area contributed by atoms with E-state index in [9.17, 15) is 35.9 Å². The van der Waals surface area contributed by atoms with Crippen LogP contribution in [0.4, 0.5) is 69.9 Å². The highest BCUT2D eigenvalue weighted by Crippen LogP contribution is 2.66. The number of benzene rings is 2. The lowest BCUT2D eigenvalue weighted by Gasteiger charge is -2.48. The number of anilines is 6. The molecular formula is C52H56F8N8O6. The Balaban J connectivity index is 0.644. The molecule has 7 fully saturated rings. The topological polar surface area (TPSA) is 142 Å². The van der Waals surface area contributed by atoms with E-state index in [1.165, 1.54) is 18.6 Å². The number of nitrogens with zero attached hydrogens (tertiary/aromatic N) is 6. The Morgan fingerprint density at radius 2 is 1.23 bits per heavy atom. The normalized spacial score (nSPS) is 30.1. The number of rotatable bonds is 13. The third-order valence-electron chi connectivity index (χ3n) is 18.2. The number of oxazole rings is 2. The molecule has 2 aromatic carbocycles. The maximum atomic E-state index is 16.1. The van der Waals surface area contributed by atoms with E-state index in [-0.39, 0.29) is 46.9 Å². The molecule has 6 unspecified atom stereocenters. The average molecular weight is 1040 g/mol. The Kier molecular flexibility index (Phi) is 11.0. The van der Waals surface area contributed by atoms with Gasteiger partial charge in [0, 0.05) is 62.2 Å². The second-order valence-corrected chi connectivity index (χ2v) is 22.6. The van der Waals surface area contributed by atoms with Gasteiger partial charge in [0.25, 0.3) is 23.8 Å². The summed E-state index contributed by atoms with van der Waals surface area (Å²) in [4.78, 5) is 43.3. The Bertz CT molecular complexity index is 2910. The van der Waals surface area contributed by atoms with Crippen LogP contribution in [0.5, 0.6) is 0 Å². The number of carbonyl (C=O) groups is 2. The molecule has 22 heteroatoms. The number of methoxy groups -OCH3 is 1. The third-order valence-corrected chi connectivity index (χ3v) is 18.2. The number of amides is 2. The first-order valence-corrected chi connectivity index (χ1v) is 25.9. The number of fused-ring (bicyclic) bond motifs is 4. The summed E-state index contributed by atoms with van der Waals surface area (Å²) in [5, 5.41) is 5.17. The number of nitrogens with one attached hydrogen (secondary N) is 2. The number of halogens is 8. The Morgan fingerprint density at radius 1 is 0.716 bits per heavy atom. The van der Waals surface area contributed by atoms with Crippen molar-refractivity contribution in [3.8, 4) is 0 Å². The summed E-state index contributed by atoms with van der Waals surface area (Å²) in [6.07, 6.45) is -5.09. The van der Waals surface area contributed by atoms with Gasteiger partial charge < -0.3 is 48.5 Å². The molecule has 0 radical (unpaired) electrons. The quantitative estimate of drug-likeness (QED) is 0.123. The van der Waals surface area contributed by atoms with Crippen molar-refractivity contribution in [2.75, 3.05) is 83.2 Å². The van der Waals surface area contributed by atoms with E-state index in [1.807, 2.05) is 6.92 Å². The minimum atomic E-state index is -4.69. The molecule has 3 saturated heterocycles. The predicted octanol–water partition coefficient (Wildman–Crippen LogP) is 9.11. The van der Waals surface area contributed by atoms with Crippen molar-refractivity contribution in [2.45, 2.75) is 114 Å². The first-order chi connectivity index (χ1) is 35.3. The number of hydrogen-bond donors (Lipinski definition) is 2. The number of aromatic nitrogens is 2. The lowest BCUT2D eigenvalue weighted by molar-refractivity contribution is -0.190. The van der Waals surface area contributed by atoms with Gasteiger partial charge in [-0.25, -0.2) is 8.78 Å². The Morgan fingerprint density at radius 3 is 1.70 bits per heavy atom. The fourth-order valence-electron chi connectivity index (χ4n) is 14.3. The van der Waals surface area contributed by atoms with Crippen LogP contribution >= 0.6 is 0 Å². The van der Waals surface area contributed by atoms with E-state index in [1.54, 1.807) is 29.0 Å². The summed E-state index contributed by atoms with van der Waals surface area (Å²) in [5.41, 5.74) is 0.825. The van der Waals surface area contributed by atoms with E-state index in [2.05, 4.69) is 30.4 Å². The summed E-state index contributed by atoms with van der Waals surface area (Å²) < 4.78 is 137. The van der Waals surface area contributed by atoms with Crippen molar-refractivity contribution in [1.82, 2.24) is 9.97 Å². The zero-order valence-corrected chi connectivity index (χ0v) is 40.8. The van der Waals surface area contributed by atoms with Crippen LogP contribution in [0.2, 0.25) is 0 Å². The summed E-state index contributed by atoms with van der Waals surface area (Å²) in [7, 11) is 1.55. The van der Waals surface area contributed by atoms with Gasteiger partial charge in [-0.3, -0.25) is 9.59 Å². The molecule has 74 heavy (non-hydrogen) atoms. The van der Waals surface area contributed by atoms with Gasteiger partial charge >= 0.3 is 12.4 Å². The highest BCUT2D eigenvalue weighted by Gasteiger charge is 2.68. The molecule has 396 valence electrons. The highest BCUT2D eigenvalue weighted by molar-refractivity contribution is 6.05. The van der Waals surface area contributed by atoms with Crippen molar-refractivity contribution in [1.29, 1.82) is 0 Å². The zero-order chi connectivity index (χ0) is 51.4. The molecule has 2 amide bonds. The zero-order valence-electron chi connectivity index (χ0n) is 40.8. The van der Waals surface area contributed by atoms with Crippen molar-refractivity contribution in [3.63, 3.8) is 0 Å². The third kappa shape index (κ3) is 8.25. The summed E-state index contributed by atoms with van der Waals surface area (Å²) in [6.45, 7) is 5.11. The van der Waals surface area contributed by atoms with Gasteiger partial charge in [0.05, 0.1) is 37.2 Å². The van der Waals surface area contributed by atoms with Crippen LogP contribution in [0, 0.1) is 46.6 Å². The first kappa shape index (κ1) is 48.0. The average Bonchev–Trinajstić information content (AvgIpc) is 3.95. The maximum absolute atomic E-state index is 16.1.